The minimum atomic E-state index is -0.807. The molecule has 1 aliphatic rings. The van der Waals surface area contributed by atoms with Crippen molar-refractivity contribution in [1.29, 1.82) is 0 Å². The van der Waals surface area contributed by atoms with Gasteiger partial charge >= 0.3 is 5.97 Å². The third-order valence-corrected chi connectivity index (χ3v) is 4.53. The van der Waals surface area contributed by atoms with Crippen LogP contribution in [0.2, 0.25) is 5.15 Å². The van der Waals surface area contributed by atoms with Crippen LogP contribution in [0.4, 0.5) is 17.1 Å². The van der Waals surface area contributed by atoms with Gasteiger partial charge in [0.25, 0.3) is 11.6 Å². The number of carbonyl (C=O) groups excluding carboxylic acids is 2. The number of pyridine rings is 1. The second-order valence-corrected chi connectivity index (χ2v) is 6.48. The SMILES string of the molecule is O=C(COC(=O)c1cc([N+](=O)[O-])ccc1N1CCCC1)Nc1cccnc1Cl. The molecule has 146 valence electrons. The molecule has 0 saturated carbocycles. The number of anilines is 2. The Morgan fingerprint density at radius 2 is 2.04 bits per heavy atom. The van der Waals surface area contributed by atoms with E-state index in [1.165, 1.54) is 24.4 Å². The summed E-state index contributed by atoms with van der Waals surface area (Å²) in [5.41, 5.74) is 0.687. The lowest BCUT2D eigenvalue weighted by atomic mass is 10.1. The fourth-order valence-corrected chi connectivity index (χ4v) is 3.08. The van der Waals surface area contributed by atoms with Crippen LogP contribution in [0.5, 0.6) is 0 Å². The van der Waals surface area contributed by atoms with Crippen molar-refractivity contribution in [3.8, 4) is 0 Å². The van der Waals surface area contributed by atoms with E-state index in [2.05, 4.69) is 10.3 Å². The lowest BCUT2D eigenvalue weighted by molar-refractivity contribution is -0.384. The predicted octanol–water partition coefficient (Wildman–Crippen LogP) is 3.04. The van der Waals surface area contributed by atoms with E-state index in [0.29, 0.717) is 11.4 Å². The van der Waals surface area contributed by atoms with Gasteiger partial charge < -0.3 is 15.0 Å². The summed E-state index contributed by atoms with van der Waals surface area (Å²) in [4.78, 5) is 40.8. The Hall–Kier alpha value is -3.20. The average Bonchev–Trinajstić information content (AvgIpc) is 3.22. The van der Waals surface area contributed by atoms with Gasteiger partial charge in [-0.15, -0.1) is 0 Å². The first-order valence-corrected chi connectivity index (χ1v) is 8.94. The normalized spacial score (nSPS) is 13.2. The molecule has 10 heteroatoms. The smallest absolute Gasteiger partial charge is 0.341 e. The summed E-state index contributed by atoms with van der Waals surface area (Å²) in [5, 5.41) is 13.7. The third-order valence-electron chi connectivity index (χ3n) is 4.23. The van der Waals surface area contributed by atoms with Crippen LogP contribution in [-0.4, -0.2) is 41.5 Å². The maximum atomic E-state index is 12.5. The van der Waals surface area contributed by atoms with Gasteiger partial charge in [0, 0.05) is 31.4 Å². The summed E-state index contributed by atoms with van der Waals surface area (Å²) < 4.78 is 5.07. The highest BCUT2D eigenvalue weighted by molar-refractivity contribution is 6.32. The first-order chi connectivity index (χ1) is 13.5. The van der Waals surface area contributed by atoms with Crippen LogP contribution in [-0.2, 0) is 9.53 Å². The molecule has 2 aromatic rings. The zero-order valence-corrected chi connectivity index (χ0v) is 15.5. The number of nitro benzene ring substituents is 1. The molecule has 1 fully saturated rings. The second-order valence-electron chi connectivity index (χ2n) is 6.12. The van der Waals surface area contributed by atoms with Crippen LogP contribution in [0.1, 0.15) is 23.2 Å². The highest BCUT2D eigenvalue weighted by atomic mass is 35.5. The molecule has 0 unspecified atom stereocenters. The zero-order chi connectivity index (χ0) is 20.1. The highest BCUT2D eigenvalue weighted by Crippen LogP contribution is 2.29. The van der Waals surface area contributed by atoms with Gasteiger partial charge in [0.15, 0.2) is 11.8 Å². The monoisotopic (exact) mass is 404 g/mol. The molecule has 1 aromatic carbocycles. The Kier molecular flexibility index (Phi) is 6.05. The Bertz CT molecular complexity index is 915. The number of nitrogens with one attached hydrogen (secondary N) is 1. The lowest BCUT2D eigenvalue weighted by Crippen LogP contribution is -2.24. The summed E-state index contributed by atoms with van der Waals surface area (Å²) in [6.45, 7) is 0.933. The van der Waals surface area contributed by atoms with Gasteiger partial charge in [-0.1, -0.05) is 11.6 Å². The Labute approximate surface area is 165 Å². The number of rotatable bonds is 6. The van der Waals surface area contributed by atoms with Gasteiger partial charge in [0.2, 0.25) is 0 Å². The summed E-state index contributed by atoms with van der Waals surface area (Å²) in [6, 6.07) is 7.21. The number of nitrogens with zero attached hydrogens (tertiary/aromatic N) is 3. The lowest BCUT2D eigenvalue weighted by Gasteiger charge is -2.20. The van der Waals surface area contributed by atoms with Gasteiger partial charge in [0.05, 0.1) is 21.9 Å². The molecule has 3 rings (SSSR count). The number of nitro groups is 1. The van der Waals surface area contributed by atoms with E-state index in [9.17, 15) is 19.7 Å². The van der Waals surface area contributed by atoms with Gasteiger partial charge in [-0.05, 0) is 31.0 Å². The van der Waals surface area contributed by atoms with Gasteiger partial charge in [-0.3, -0.25) is 14.9 Å². The van der Waals surface area contributed by atoms with Crippen molar-refractivity contribution in [2.24, 2.45) is 0 Å². The summed E-state index contributed by atoms with van der Waals surface area (Å²) in [7, 11) is 0. The van der Waals surface area contributed by atoms with Crippen molar-refractivity contribution < 1.29 is 19.2 Å². The molecule has 1 aliphatic heterocycles. The molecule has 0 aliphatic carbocycles. The van der Waals surface area contributed by atoms with E-state index in [0.717, 1.165) is 25.9 Å². The van der Waals surface area contributed by atoms with Crippen LogP contribution in [0.3, 0.4) is 0 Å². The molecule has 9 nitrogen and oxygen atoms in total. The molecule has 0 bridgehead atoms. The first-order valence-electron chi connectivity index (χ1n) is 8.56. The van der Waals surface area contributed by atoms with Gasteiger partial charge in [-0.25, -0.2) is 9.78 Å². The van der Waals surface area contributed by atoms with E-state index < -0.39 is 23.4 Å². The number of ether oxygens (including phenoxy) is 1. The number of halogens is 1. The molecule has 1 aromatic heterocycles. The predicted molar refractivity (Wildman–Crippen MR) is 103 cm³/mol. The van der Waals surface area contributed by atoms with Crippen LogP contribution >= 0.6 is 11.6 Å². The van der Waals surface area contributed by atoms with E-state index in [1.807, 2.05) is 4.90 Å². The maximum absolute atomic E-state index is 12.5. The van der Waals surface area contributed by atoms with E-state index >= 15 is 0 Å². The van der Waals surface area contributed by atoms with Crippen molar-refractivity contribution in [2.75, 3.05) is 29.9 Å². The van der Waals surface area contributed by atoms with Crippen LogP contribution in [0.15, 0.2) is 36.5 Å². The standard InChI is InChI=1S/C18H17ClN4O5/c19-17-14(4-3-7-20-17)21-16(24)11-28-18(25)13-10-12(23(26)27)5-6-15(13)22-8-1-2-9-22/h3-7,10H,1-2,8-9,11H2,(H,21,24). The quantitative estimate of drug-likeness (QED) is 0.340. The number of aromatic nitrogens is 1. The molecule has 2 heterocycles. The van der Waals surface area contributed by atoms with Crippen molar-refractivity contribution in [3.05, 3.63) is 57.4 Å². The van der Waals surface area contributed by atoms with Crippen LogP contribution in [0.25, 0.3) is 0 Å². The minimum absolute atomic E-state index is 0.0586. The summed E-state index contributed by atoms with van der Waals surface area (Å²) in [5.74, 6) is -1.41. The van der Waals surface area contributed by atoms with Crippen LogP contribution < -0.4 is 10.2 Å². The number of hydrogen-bond acceptors (Lipinski definition) is 7. The average molecular weight is 405 g/mol. The number of hydrogen-bond donors (Lipinski definition) is 1. The molecular weight excluding hydrogens is 388 g/mol. The molecule has 28 heavy (non-hydrogen) atoms. The number of non-ortho nitro benzene ring substituents is 1. The molecule has 1 saturated heterocycles. The number of benzene rings is 1. The van der Waals surface area contributed by atoms with Crippen LogP contribution in [0, 0.1) is 10.1 Å². The zero-order valence-electron chi connectivity index (χ0n) is 14.8. The molecule has 1 amide bonds. The van der Waals surface area contributed by atoms with E-state index in [4.69, 9.17) is 16.3 Å². The van der Waals surface area contributed by atoms with E-state index in [-0.39, 0.29) is 16.4 Å². The molecular formula is C18H17ClN4O5. The molecule has 0 atom stereocenters. The minimum Gasteiger partial charge on any atom is -0.452 e. The largest absolute Gasteiger partial charge is 0.452 e. The summed E-state index contributed by atoms with van der Waals surface area (Å²) in [6.07, 6.45) is 3.42. The Morgan fingerprint density at radius 3 is 2.71 bits per heavy atom. The fraction of sp³-hybridized carbons (Fsp3) is 0.278. The third kappa shape index (κ3) is 4.55. The fourth-order valence-electron chi connectivity index (χ4n) is 2.91. The van der Waals surface area contributed by atoms with Crippen molar-refractivity contribution >= 4 is 40.5 Å². The number of esters is 1. The van der Waals surface area contributed by atoms with Crippen molar-refractivity contribution in [2.45, 2.75) is 12.8 Å². The second kappa shape index (κ2) is 8.66. The molecule has 0 radical (unpaired) electrons. The Morgan fingerprint density at radius 1 is 1.29 bits per heavy atom. The summed E-state index contributed by atoms with van der Waals surface area (Å²) >= 11 is 5.86. The maximum Gasteiger partial charge on any atom is 0.341 e. The molecule has 1 N–H and O–H groups in total. The van der Waals surface area contributed by atoms with Crippen molar-refractivity contribution in [3.63, 3.8) is 0 Å². The van der Waals surface area contributed by atoms with Crippen molar-refractivity contribution in [1.82, 2.24) is 4.98 Å². The molecule has 0 spiro atoms. The number of amides is 1. The van der Waals surface area contributed by atoms with Gasteiger partial charge in [-0.2, -0.15) is 0 Å². The van der Waals surface area contributed by atoms with Gasteiger partial charge in [0.1, 0.15) is 0 Å². The number of carbonyl (C=O) groups is 2. The Balaban J connectivity index is 1.72. The highest BCUT2D eigenvalue weighted by Gasteiger charge is 2.24. The van der Waals surface area contributed by atoms with E-state index in [1.54, 1.807) is 12.1 Å². The topological polar surface area (TPSA) is 115 Å². The first kappa shape index (κ1) is 19.6.